The molecule has 0 aliphatic rings. The topological polar surface area (TPSA) is 134 Å². The van der Waals surface area contributed by atoms with E-state index < -0.39 is 16.8 Å². The lowest BCUT2D eigenvalue weighted by Gasteiger charge is -2.09. The largest absolute Gasteiger partial charge is 0.462 e. The first-order valence-corrected chi connectivity index (χ1v) is 8.63. The number of nitriles is 1. The zero-order valence-corrected chi connectivity index (χ0v) is 15.9. The summed E-state index contributed by atoms with van der Waals surface area (Å²) in [4.78, 5) is 34.6. The predicted octanol–water partition coefficient (Wildman–Crippen LogP) is 3.88. The van der Waals surface area contributed by atoms with E-state index in [-0.39, 0.29) is 34.1 Å². The summed E-state index contributed by atoms with van der Waals surface area (Å²) in [5, 5.41) is 25.3. The van der Waals surface area contributed by atoms with Crippen LogP contribution in [0.2, 0.25) is 5.02 Å². The summed E-state index contributed by atoms with van der Waals surface area (Å²) in [6.07, 6.45) is 1.11. The van der Waals surface area contributed by atoms with Gasteiger partial charge in [-0.05, 0) is 25.1 Å². The Labute approximate surface area is 170 Å². The summed E-state index contributed by atoms with van der Waals surface area (Å²) in [6.45, 7) is 1.86. The first-order chi connectivity index (χ1) is 13.9. The Morgan fingerprint density at radius 2 is 2.00 bits per heavy atom. The fourth-order valence-electron chi connectivity index (χ4n) is 2.21. The second kappa shape index (κ2) is 9.87. The Morgan fingerprint density at radius 1 is 1.28 bits per heavy atom. The molecule has 0 atom stereocenters. The second-order valence-electron chi connectivity index (χ2n) is 5.46. The van der Waals surface area contributed by atoms with Gasteiger partial charge >= 0.3 is 5.97 Å². The SMILES string of the molecule is CCOC(=O)c1ccccc1N/C=C(/C#N)C(=O)Nc1cc([N+](=O)[O-])ccc1Cl. The van der Waals surface area contributed by atoms with Crippen LogP contribution in [0.25, 0.3) is 0 Å². The number of anilines is 2. The third-order valence-electron chi connectivity index (χ3n) is 3.57. The quantitative estimate of drug-likeness (QED) is 0.231. The Morgan fingerprint density at radius 3 is 2.66 bits per heavy atom. The molecule has 0 unspecified atom stereocenters. The number of carbonyl (C=O) groups is 2. The van der Waals surface area contributed by atoms with Crippen LogP contribution < -0.4 is 10.6 Å². The highest BCUT2D eigenvalue weighted by Crippen LogP contribution is 2.27. The van der Waals surface area contributed by atoms with E-state index in [4.69, 9.17) is 16.3 Å². The number of nitrogens with zero attached hydrogens (tertiary/aromatic N) is 2. The number of nitrogens with one attached hydrogen (secondary N) is 2. The molecule has 148 valence electrons. The van der Waals surface area contributed by atoms with Crippen molar-refractivity contribution >= 4 is 40.5 Å². The van der Waals surface area contributed by atoms with Crippen molar-refractivity contribution in [3.8, 4) is 6.07 Å². The maximum absolute atomic E-state index is 12.4. The Kier molecular flexibility index (Phi) is 7.28. The van der Waals surface area contributed by atoms with Crippen LogP contribution in [0.4, 0.5) is 17.1 Å². The molecule has 0 saturated carbocycles. The van der Waals surface area contributed by atoms with Crippen LogP contribution in [-0.2, 0) is 9.53 Å². The minimum atomic E-state index is -0.837. The van der Waals surface area contributed by atoms with Crippen molar-refractivity contribution in [2.75, 3.05) is 17.2 Å². The zero-order valence-electron chi connectivity index (χ0n) is 15.1. The number of non-ortho nitro benzene ring substituents is 1. The molecule has 2 rings (SSSR count). The van der Waals surface area contributed by atoms with Crippen LogP contribution >= 0.6 is 11.6 Å². The van der Waals surface area contributed by atoms with Crippen molar-refractivity contribution in [1.29, 1.82) is 5.26 Å². The van der Waals surface area contributed by atoms with E-state index in [2.05, 4.69) is 10.6 Å². The molecule has 1 amide bonds. The van der Waals surface area contributed by atoms with Gasteiger partial charge in [-0.3, -0.25) is 14.9 Å². The van der Waals surface area contributed by atoms with Gasteiger partial charge in [0, 0.05) is 18.3 Å². The van der Waals surface area contributed by atoms with E-state index in [1.54, 1.807) is 31.2 Å². The maximum atomic E-state index is 12.4. The molecule has 2 N–H and O–H groups in total. The summed E-state index contributed by atoms with van der Waals surface area (Å²) in [5.41, 5.74) is -0.0660. The number of esters is 1. The van der Waals surface area contributed by atoms with Crippen molar-refractivity contribution in [2.45, 2.75) is 6.92 Å². The highest BCUT2D eigenvalue weighted by molar-refractivity contribution is 6.34. The highest BCUT2D eigenvalue weighted by Gasteiger charge is 2.16. The van der Waals surface area contributed by atoms with Gasteiger partial charge in [0.1, 0.15) is 11.6 Å². The molecule has 0 bridgehead atoms. The van der Waals surface area contributed by atoms with E-state index >= 15 is 0 Å². The lowest BCUT2D eigenvalue weighted by atomic mass is 10.1. The van der Waals surface area contributed by atoms with Crippen LogP contribution in [0.1, 0.15) is 17.3 Å². The van der Waals surface area contributed by atoms with Crippen molar-refractivity contribution in [2.24, 2.45) is 0 Å². The molecule has 2 aromatic rings. The molecule has 0 saturated heterocycles. The fraction of sp³-hybridized carbons (Fsp3) is 0.105. The minimum absolute atomic E-state index is 0.0149. The number of nitro groups is 1. The standard InChI is InChI=1S/C19H15ClN4O5/c1-2-29-19(26)14-5-3-4-6-16(14)22-11-12(10-21)18(25)23-17-9-13(24(27)28)7-8-15(17)20/h3-9,11,22H,2H2,1H3,(H,23,25)/b12-11-. The molecule has 0 fully saturated rings. The van der Waals surface area contributed by atoms with E-state index in [1.165, 1.54) is 18.2 Å². The average molecular weight is 415 g/mol. The van der Waals surface area contributed by atoms with Gasteiger partial charge in [-0.25, -0.2) is 4.79 Å². The zero-order chi connectivity index (χ0) is 21.4. The van der Waals surface area contributed by atoms with Gasteiger partial charge in [0.05, 0.1) is 33.5 Å². The number of benzene rings is 2. The van der Waals surface area contributed by atoms with Gasteiger partial charge in [-0.1, -0.05) is 23.7 Å². The Bertz CT molecular complexity index is 1030. The van der Waals surface area contributed by atoms with Crippen molar-refractivity contribution in [3.63, 3.8) is 0 Å². The van der Waals surface area contributed by atoms with Crippen LogP contribution in [0.15, 0.2) is 54.2 Å². The molecule has 10 heteroatoms. The molecule has 0 aromatic heterocycles. The molecule has 29 heavy (non-hydrogen) atoms. The fourth-order valence-corrected chi connectivity index (χ4v) is 2.37. The van der Waals surface area contributed by atoms with Crippen LogP contribution in [0, 0.1) is 21.4 Å². The third-order valence-corrected chi connectivity index (χ3v) is 3.90. The van der Waals surface area contributed by atoms with E-state index in [0.717, 1.165) is 12.3 Å². The minimum Gasteiger partial charge on any atom is -0.462 e. The molecule has 0 aliphatic heterocycles. The number of ether oxygens (including phenoxy) is 1. The normalized spacial score (nSPS) is 10.6. The number of carbonyl (C=O) groups excluding carboxylic acids is 2. The van der Waals surface area contributed by atoms with Crippen LogP contribution in [0.5, 0.6) is 0 Å². The first-order valence-electron chi connectivity index (χ1n) is 8.25. The smallest absolute Gasteiger partial charge is 0.340 e. The van der Waals surface area contributed by atoms with Gasteiger partial charge in [0.25, 0.3) is 11.6 Å². The number of halogens is 1. The molecular weight excluding hydrogens is 400 g/mol. The number of hydrogen-bond donors (Lipinski definition) is 2. The average Bonchev–Trinajstić information content (AvgIpc) is 2.70. The van der Waals surface area contributed by atoms with Gasteiger partial charge in [0.2, 0.25) is 0 Å². The summed E-state index contributed by atoms with van der Waals surface area (Å²) in [6, 6.07) is 11.7. The van der Waals surface area contributed by atoms with E-state index in [1.807, 2.05) is 0 Å². The van der Waals surface area contributed by atoms with E-state index in [0.29, 0.717) is 5.69 Å². The van der Waals surface area contributed by atoms with Gasteiger partial charge in [-0.15, -0.1) is 0 Å². The first kappa shape index (κ1) is 21.4. The van der Waals surface area contributed by atoms with E-state index in [9.17, 15) is 25.0 Å². The van der Waals surface area contributed by atoms with Crippen molar-refractivity contribution in [1.82, 2.24) is 0 Å². The predicted molar refractivity (Wildman–Crippen MR) is 106 cm³/mol. The molecule has 0 aliphatic carbocycles. The second-order valence-corrected chi connectivity index (χ2v) is 5.86. The molecule has 2 aromatic carbocycles. The third kappa shape index (κ3) is 5.54. The molecule has 9 nitrogen and oxygen atoms in total. The lowest BCUT2D eigenvalue weighted by Crippen LogP contribution is -2.15. The van der Waals surface area contributed by atoms with Crippen LogP contribution in [-0.4, -0.2) is 23.4 Å². The Balaban J connectivity index is 2.22. The summed E-state index contributed by atoms with van der Waals surface area (Å²) >= 11 is 5.94. The van der Waals surface area contributed by atoms with Gasteiger partial charge in [-0.2, -0.15) is 5.26 Å². The molecular formula is C19H15ClN4O5. The van der Waals surface area contributed by atoms with Crippen LogP contribution in [0.3, 0.4) is 0 Å². The summed E-state index contributed by atoms with van der Waals surface area (Å²) in [5.74, 6) is -1.40. The summed E-state index contributed by atoms with van der Waals surface area (Å²) < 4.78 is 4.96. The van der Waals surface area contributed by atoms with Gasteiger partial charge < -0.3 is 15.4 Å². The lowest BCUT2D eigenvalue weighted by molar-refractivity contribution is -0.384. The van der Waals surface area contributed by atoms with Crippen molar-refractivity contribution in [3.05, 3.63) is 74.9 Å². The maximum Gasteiger partial charge on any atom is 0.340 e. The summed E-state index contributed by atoms with van der Waals surface area (Å²) in [7, 11) is 0. The molecule has 0 radical (unpaired) electrons. The number of nitro benzene ring substituents is 1. The van der Waals surface area contributed by atoms with Crippen molar-refractivity contribution < 1.29 is 19.2 Å². The number of para-hydroxylation sites is 1. The number of hydrogen-bond acceptors (Lipinski definition) is 7. The molecule has 0 heterocycles. The number of rotatable bonds is 7. The highest BCUT2D eigenvalue weighted by atomic mass is 35.5. The Hall–Kier alpha value is -3.90. The molecule has 0 spiro atoms. The monoisotopic (exact) mass is 414 g/mol. The number of amides is 1. The van der Waals surface area contributed by atoms with Gasteiger partial charge in [0.15, 0.2) is 0 Å².